The number of hydrogen-bond donors (Lipinski definition) is 10. The van der Waals surface area contributed by atoms with E-state index in [1.165, 1.54) is 31.2 Å². The number of likely N-dealkylation sites (tertiary alicyclic amines) is 1. The molecule has 1 aromatic heterocycles. The van der Waals surface area contributed by atoms with Gasteiger partial charge in [0.05, 0.1) is 23.8 Å². The predicted molar refractivity (Wildman–Crippen MR) is 170 cm³/mol. The normalized spacial score (nSPS) is 33.0. The number of aliphatic hydroxyl groups excluding tert-OH is 6. The number of carboxylic acids is 1. The number of benzene rings is 2. The Labute approximate surface area is 288 Å². The first-order chi connectivity index (χ1) is 24.2. The summed E-state index contributed by atoms with van der Waals surface area (Å²) in [4.78, 5) is 27.6. The Hall–Kier alpha value is -4.08. The molecular formula is C33H39NO17. The van der Waals surface area contributed by atoms with E-state index in [4.69, 9.17) is 23.4 Å². The molecule has 0 radical (unpaired) electrons. The zero-order valence-electron chi connectivity index (χ0n) is 27.1. The van der Waals surface area contributed by atoms with Crippen molar-refractivity contribution in [1.29, 1.82) is 0 Å². The van der Waals surface area contributed by atoms with E-state index < -0.39 is 120 Å². The van der Waals surface area contributed by atoms with Crippen molar-refractivity contribution in [1.82, 2.24) is 4.90 Å². The van der Waals surface area contributed by atoms with Gasteiger partial charge in [0, 0.05) is 12.6 Å². The van der Waals surface area contributed by atoms with Gasteiger partial charge in [-0.2, -0.15) is 0 Å². The lowest BCUT2D eigenvalue weighted by Gasteiger charge is -2.42. The van der Waals surface area contributed by atoms with Crippen LogP contribution in [-0.4, -0.2) is 143 Å². The molecule has 278 valence electrons. The fourth-order valence-corrected chi connectivity index (χ4v) is 6.58. The summed E-state index contributed by atoms with van der Waals surface area (Å²) in [6.45, 7) is 0.940. The minimum Gasteiger partial charge on any atom is -0.507 e. The van der Waals surface area contributed by atoms with Gasteiger partial charge >= 0.3 is 5.97 Å². The van der Waals surface area contributed by atoms with Gasteiger partial charge in [-0.15, -0.1) is 0 Å². The van der Waals surface area contributed by atoms with E-state index >= 15 is 0 Å². The number of fused-ring (bicyclic) bond motifs is 1. The molecular weight excluding hydrogens is 682 g/mol. The molecule has 6 rings (SSSR count). The van der Waals surface area contributed by atoms with Crippen LogP contribution < -0.4 is 10.2 Å². The number of carbonyl (C=O) groups is 1. The van der Waals surface area contributed by atoms with Crippen molar-refractivity contribution in [2.45, 2.75) is 93.8 Å². The Morgan fingerprint density at radius 2 is 1.57 bits per heavy atom. The van der Waals surface area contributed by atoms with Crippen molar-refractivity contribution in [3.05, 3.63) is 46.1 Å². The maximum atomic E-state index is 14.2. The molecule has 18 nitrogen and oxygen atoms in total. The maximum absolute atomic E-state index is 14.2. The topological polar surface area (TPSA) is 290 Å². The molecule has 3 fully saturated rings. The Morgan fingerprint density at radius 1 is 0.882 bits per heavy atom. The minimum atomic E-state index is -2.01. The van der Waals surface area contributed by atoms with Crippen molar-refractivity contribution in [2.75, 3.05) is 13.2 Å². The fourth-order valence-electron chi connectivity index (χ4n) is 6.58. The number of aliphatic carboxylic acids is 1. The predicted octanol–water partition coefficient (Wildman–Crippen LogP) is -1.34. The summed E-state index contributed by atoms with van der Waals surface area (Å²) in [5.74, 6) is -3.93. The van der Waals surface area contributed by atoms with E-state index in [1.54, 1.807) is 4.90 Å². The molecule has 0 unspecified atom stereocenters. The number of aromatic hydroxyl groups is 3. The van der Waals surface area contributed by atoms with Crippen LogP contribution in [0, 0.1) is 0 Å². The summed E-state index contributed by atoms with van der Waals surface area (Å²) in [6.07, 6.45) is -15.6. The number of rotatable bonds is 9. The average Bonchev–Trinajstić information content (AvgIpc) is 3.57. The number of carboxylic acid groups (broad SMARTS) is 1. The van der Waals surface area contributed by atoms with Crippen LogP contribution in [0.5, 0.6) is 23.0 Å². The quantitative estimate of drug-likeness (QED) is 0.122. The van der Waals surface area contributed by atoms with Crippen LogP contribution >= 0.6 is 0 Å². The molecule has 0 saturated carbocycles. The van der Waals surface area contributed by atoms with Gasteiger partial charge in [0.15, 0.2) is 17.6 Å². The summed E-state index contributed by atoms with van der Waals surface area (Å²) >= 11 is 0. The third-order valence-corrected chi connectivity index (χ3v) is 9.48. The summed E-state index contributed by atoms with van der Waals surface area (Å²) in [6, 6.07) is 5.57. The highest BCUT2D eigenvalue weighted by Crippen LogP contribution is 2.42. The number of para-hydroxylation sites is 1. The largest absolute Gasteiger partial charge is 0.507 e. The van der Waals surface area contributed by atoms with E-state index in [9.17, 15) is 60.7 Å². The number of phenols is 3. The van der Waals surface area contributed by atoms with E-state index in [-0.39, 0.29) is 23.3 Å². The Balaban J connectivity index is 1.38. The second-order valence-electron chi connectivity index (χ2n) is 12.8. The highest BCUT2D eigenvalue weighted by molar-refractivity contribution is 5.91. The molecule has 2 aromatic carbocycles. The van der Waals surface area contributed by atoms with Crippen LogP contribution in [0.1, 0.15) is 25.3 Å². The van der Waals surface area contributed by atoms with Gasteiger partial charge in [-0.1, -0.05) is 12.1 Å². The number of phenolic OH excluding ortho intramolecular Hbond substituents is 3. The van der Waals surface area contributed by atoms with Crippen LogP contribution in [0.15, 0.2) is 39.5 Å². The second-order valence-corrected chi connectivity index (χ2v) is 12.8. The minimum absolute atomic E-state index is 0.0416. The molecule has 18 heteroatoms. The van der Waals surface area contributed by atoms with Gasteiger partial charge in [0.25, 0.3) is 0 Å². The van der Waals surface area contributed by atoms with Gasteiger partial charge in [0.1, 0.15) is 71.4 Å². The molecule has 51 heavy (non-hydrogen) atoms. The standard InChI is InChI=1S/C33H39NO17/c1-12-21(38)24(41)26(43)32(48-12)47-11-19-22(39)25(42)27(44)33(49-19)51-30-23(40)20-18(37)9-17(36)14(10-34-8-4-6-15(34)31(45)46)28(20)50-29(30)13-5-2-3-7-16(13)35/h2-3,5,7,9,12,15,19,21-22,24-27,32-33,35-39,41-44H,4,6,8,10-11H2,1H3,(H,45,46)/t12-,15+,19+,21-,22+,24+,25+,26+,27+,32+,33-/m1/s1. The van der Waals surface area contributed by atoms with Crippen LogP contribution in [0.4, 0.5) is 0 Å². The molecule has 0 aliphatic carbocycles. The van der Waals surface area contributed by atoms with Gasteiger partial charge in [-0.3, -0.25) is 14.5 Å². The molecule has 3 aliphatic rings. The molecule has 0 bridgehead atoms. The first kappa shape index (κ1) is 36.7. The van der Waals surface area contributed by atoms with Gasteiger partial charge < -0.3 is 74.4 Å². The molecule has 4 heterocycles. The SMILES string of the molecule is C[C@H]1O[C@H](OC[C@@H]2O[C@H](Oc3c(-c4ccccc4O)oc4c(CN5CCC[C@H]5C(=O)O)c(O)cc(O)c4c3=O)[C@@H](O)[C@@H](O)[C@H]2O)[C@@H](O)[C@@H](O)[C@@H]1O. The highest BCUT2D eigenvalue weighted by Gasteiger charge is 2.48. The van der Waals surface area contributed by atoms with E-state index in [1.807, 2.05) is 0 Å². The molecule has 3 aromatic rings. The van der Waals surface area contributed by atoms with Crippen molar-refractivity contribution in [2.24, 2.45) is 0 Å². The van der Waals surface area contributed by atoms with E-state index in [0.717, 1.165) is 6.07 Å². The van der Waals surface area contributed by atoms with Crippen molar-refractivity contribution in [3.8, 4) is 34.3 Å². The van der Waals surface area contributed by atoms with E-state index in [2.05, 4.69) is 0 Å². The fraction of sp³-hybridized carbons (Fsp3) is 0.515. The zero-order chi connectivity index (χ0) is 36.9. The second kappa shape index (κ2) is 14.5. The van der Waals surface area contributed by atoms with Crippen LogP contribution in [0.3, 0.4) is 0 Å². The lowest BCUT2D eigenvalue weighted by Crippen LogP contribution is -2.61. The van der Waals surface area contributed by atoms with Crippen molar-refractivity contribution >= 4 is 16.9 Å². The van der Waals surface area contributed by atoms with Crippen LogP contribution in [0.25, 0.3) is 22.3 Å². The molecule has 10 N–H and O–H groups in total. The summed E-state index contributed by atoms with van der Waals surface area (Å²) in [7, 11) is 0. The third-order valence-electron chi connectivity index (χ3n) is 9.48. The molecule has 3 saturated heterocycles. The Kier molecular flexibility index (Phi) is 10.4. The summed E-state index contributed by atoms with van der Waals surface area (Å²) in [5, 5.41) is 104. The number of aliphatic hydroxyl groups is 6. The van der Waals surface area contributed by atoms with E-state index in [0.29, 0.717) is 19.4 Å². The lowest BCUT2D eigenvalue weighted by atomic mass is 9.98. The molecule has 11 atom stereocenters. The van der Waals surface area contributed by atoms with Gasteiger partial charge in [-0.25, -0.2) is 0 Å². The smallest absolute Gasteiger partial charge is 0.320 e. The van der Waals surface area contributed by atoms with Crippen molar-refractivity contribution in [3.63, 3.8) is 0 Å². The highest BCUT2D eigenvalue weighted by atomic mass is 16.7. The molecule has 3 aliphatic heterocycles. The summed E-state index contributed by atoms with van der Waals surface area (Å²) in [5.41, 5.74) is -1.58. The summed E-state index contributed by atoms with van der Waals surface area (Å²) < 4.78 is 28.5. The molecule has 0 amide bonds. The number of hydrogen-bond acceptors (Lipinski definition) is 17. The first-order valence-corrected chi connectivity index (χ1v) is 16.2. The van der Waals surface area contributed by atoms with Crippen molar-refractivity contribution < 1.29 is 79.2 Å². The Bertz CT molecular complexity index is 1820. The molecule has 0 spiro atoms. The monoisotopic (exact) mass is 721 g/mol. The zero-order valence-corrected chi connectivity index (χ0v) is 27.1. The Morgan fingerprint density at radius 3 is 2.27 bits per heavy atom. The average molecular weight is 722 g/mol. The van der Waals surface area contributed by atoms with Crippen LogP contribution in [-0.2, 0) is 25.5 Å². The van der Waals surface area contributed by atoms with Gasteiger partial charge in [-0.05, 0) is 38.4 Å². The number of ether oxygens (including phenoxy) is 4. The maximum Gasteiger partial charge on any atom is 0.320 e. The van der Waals surface area contributed by atoms with Gasteiger partial charge in [0.2, 0.25) is 17.5 Å². The third kappa shape index (κ3) is 6.83. The first-order valence-electron chi connectivity index (χ1n) is 16.2. The lowest BCUT2D eigenvalue weighted by molar-refractivity contribution is -0.318. The van der Waals surface area contributed by atoms with Crippen LogP contribution in [0.2, 0.25) is 0 Å². The number of nitrogens with zero attached hydrogens (tertiary/aromatic N) is 1.